The van der Waals surface area contributed by atoms with Gasteiger partial charge < -0.3 is 15.7 Å². The van der Waals surface area contributed by atoms with Crippen LogP contribution in [0.3, 0.4) is 0 Å². The normalized spacial score (nSPS) is 22.0. The van der Waals surface area contributed by atoms with E-state index >= 15 is 0 Å². The minimum absolute atomic E-state index is 0.0766. The Morgan fingerprint density at radius 1 is 1.14 bits per heavy atom. The van der Waals surface area contributed by atoms with Crippen molar-refractivity contribution in [3.05, 3.63) is 65.1 Å². The standard InChI is InChI=1S/C28H31N7O2/c1-27(2,3)22-14-19(8-11-29-22)34-24-20(25(37)35(34)18-5-6-18)15-30-26(32-24)31-17-4-7-21-16(12-17)13-23(36)33-28(21)9-10-28/h4,7-8,11-12,14-15,18,25,37H,5-6,9-10,13H2,1-3H3,(H,33,36)(H,30,31,32). The van der Waals surface area contributed by atoms with E-state index < -0.39 is 6.23 Å². The van der Waals surface area contributed by atoms with Gasteiger partial charge in [-0.25, -0.2) is 4.98 Å². The highest BCUT2D eigenvalue weighted by molar-refractivity contribution is 5.84. The highest BCUT2D eigenvalue weighted by atomic mass is 16.3. The zero-order valence-electron chi connectivity index (χ0n) is 21.3. The molecular formula is C28H31N7O2. The van der Waals surface area contributed by atoms with Crippen molar-refractivity contribution in [2.45, 2.75) is 76.1 Å². The molecule has 7 rings (SSSR count). The van der Waals surface area contributed by atoms with Crippen LogP contribution in [-0.2, 0) is 22.2 Å². The third-order valence-corrected chi connectivity index (χ3v) is 7.79. The molecule has 4 heterocycles. The van der Waals surface area contributed by atoms with Crippen LogP contribution in [0.25, 0.3) is 0 Å². The summed E-state index contributed by atoms with van der Waals surface area (Å²) in [4.78, 5) is 26.3. The van der Waals surface area contributed by atoms with E-state index in [1.807, 2.05) is 34.4 Å². The zero-order chi connectivity index (χ0) is 25.5. The summed E-state index contributed by atoms with van der Waals surface area (Å²) in [5.41, 5.74) is 5.42. The number of anilines is 4. The van der Waals surface area contributed by atoms with Gasteiger partial charge >= 0.3 is 0 Å². The maximum atomic E-state index is 12.3. The molecule has 2 aliphatic carbocycles. The third-order valence-electron chi connectivity index (χ3n) is 7.79. The molecule has 9 heteroatoms. The molecule has 2 aliphatic heterocycles. The number of aliphatic hydroxyl groups is 1. The molecule has 190 valence electrons. The molecular weight excluding hydrogens is 466 g/mol. The van der Waals surface area contributed by atoms with Gasteiger partial charge in [0.2, 0.25) is 11.9 Å². The van der Waals surface area contributed by atoms with Gasteiger partial charge in [0.05, 0.1) is 23.2 Å². The lowest BCUT2D eigenvalue weighted by Gasteiger charge is -2.32. The number of rotatable bonds is 4. The topological polar surface area (TPSA) is 107 Å². The van der Waals surface area contributed by atoms with Crippen LogP contribution in [0.1, 0.15) is 75.1 Å². The Morgan fingerprint density at radius 3 is 2.68 bits per heavy atom. The number of pyridine rings is 1. The lowest BCUT2D eigenvalue weighted by molar-refractivity contribution is -0.122. The molecule has 1 amide bonds. The van der Waals surface area contributed by atoms with Gasteiger partial charge in [-0.15, -0.1) is 0 Å². The lowest BCUT2D eigenvalue weighted by Crippen LogP contribution is -2.41. The number of fused-ring (bicyclic) bond motifs is 3. The molecule has 1 unspecified atom stereocenters. The largest absolute Gasteiger partial charge is 0.372 e. The van der Waals surface area contributed by atoms with Crippen LogP contribution in [0.2, 0.25) is 0 Å². The van der Waals surface area contributed by atoms with Crippen LogP contribution < -0.4 is 15.6 Å². The van der Waals surface area contributed by atoms with E-state index in [0.29, 0.717) is 23.8 Å². The molecule has 1 spiro atoms. The summed E-state index contributed by atoms with van der Waals surface area (Å²) in [6, 6.07) is 10.5. The summed E-state index contributed by atoms with van der Waals surface area (Å²) in [6.45, 7) is 6.42. The summed E-state index contributed by atoms with van der Waals surface area (Å²) in [5, 5.41) is 21.8. The van der Waals surface area contributed by atoms with Gasteiger partial charge in [0, 0.05) is 35.2 Å². The molecule has 1 aromatic carbocycles. The number of nitrogens with one attached hydrogen (secondary N) is 2. The first-order chi connectivity index (χ1) is 17.7. The Kier molecular flexibility index (Phi) is 4.72. The van der Waals surface area contributed by atoms with E-state index in [4.69, 9.17) is 4.98 Å². The number of carbonyl (C=O) groups is 1. The van der Waals surface area contributed by atoms with Crippen molar-refractivity contribution >= 4 is 29.0 Å². The number of hydrogen-bond donors (Lipinski definition) is 3. The van der Waals surface area contributed by atoms with Gasteiger partial charge in [-0.2, -0.15) is 9.99 Å². The van der Waals surface area contributed by atoms with E-state index in [1.54, 1.807) is 6.20 Å². The van der Waals surface area contributed by atoms with Gasteiger partial charge in [0.15, 0.2) is 12.0 Å². The van der Waals surface area contributed by atoms with Crippen LogP contribution in [0.15, 0.2) is 42.7 Å². The summed E-state index contributed by atoms with van der Waals surface area (Å²) in [5.74, 6) is 1.19. The summed E-state index contributed by atoms with van der Waals surface area (Å²) < 4.78 is 0. The van der Waals surface area contributed by atoms with E-state index in [1.165, 1.54) is 5.56 Å². The monoisotopic (exact) mass is 497 g/mol. The number of hydrazine groups is 1. The third kappa shape index (κ3) is 3.76. The SMILES string of the molecule is CC(C)(C)c1cc(N2c3nc(Nc4ccc5c(c4)CC(=O)NC54CC4)ncc3C(O)N2C2CC2)ccn1. The van der Waals surface area contributed by atoms with Crippen LogP contribution in [0, 0.1) is 0 Å². The van der Waals surface area contributed by atoms with Crippen LogP contribution in [0.5, 0.6) is 0 Å². The zero-order valence-corrected chi connectivity index (χ0v) is 21.3. The minimum atomic E-state index is -0.806. The predicted octanol–water partition coefficient (Wildman–Crippen LogP) is 4.10. The Labute approximate surface area is 215 Å². The molecule has 2 saturated carbocycles. The van der Waals surface area contributed by atoms with Crippen LogP contribution in [0.4, 0.5) is 23.1 Å². The van der Waals surface area contributed by atoms with E-state index in [0.717, 1.165) is 48.3 Å². The summed E-state index contributed by atoms with van der Waals surface area (Å²) >= 11 is 0. The molecule has 37 heavy (non-hydrogen) atoms. The number of aromatic nitrogens is 3. The van der Waals surface area contributed by atoms with Gasteiger partial charge in [-0.1, -0.05) is 26.8 Å². The van der Waals surface area contributed by atoms with Crippen molar-refractivity contribution < 1.29 is 9.90 Å². The number of benzene rings is 1. The molecule has 3 N–H and O–H groups in total. The molecule has 2 aromatic heterocycles. The van der Waals surface area contributed by atoms with Gasteiger partial charge in [-0.05, 0) is 61.1 Å². The first-order valence-electron chi connectivity index (χ1n) is 13.0. The van der Waals surface area contributed by atoms with Gasteiger partial charge in [0.25, 0.3) is 0 Å². The van der Waals surface area contributed by atoms with E-state index in [9.17, 15) is 9.90 Å². The molecule has 1 atom stereocenters. The number of hydrogen-bond acceptors (Lipinski definition) is 8. The number of aliphatic hydroxyl groups excluding tert-OH is 1. The Morgan fingerprint density at radius 2 is 1.95 bits per heavy atom. The maximum absolute atomic E-state index is 12.3. The van der Waals surface area contributed by atoms with E-state index in [2.05, 4.69) is 53.5 Å². The van der Waals surface area contributed by atoms with Gasteiger partial charge in [0.1, 0.15) is 0 Å². The molecule has 4 aliphatic rings. The first kappa shape index (κ1) is 22.6. The Balaban J connectivity index is 1.24. The lowest BCUT2D eigenvalue weighted by atomic mass is 9.91. The van der Waals surface area contributed by atoms with Crippen molar-refractivity contribution in [2.75, 3.05) is 10.3 Å². The van der Waals surface area contributed by atoms with Crippen molar-refractivity contribution in [2.24, 2.45) is 0 Å². The molecule has 0 saturated heterocycles. The van der Waals surface area contributed by atoms with Crippen LogP contribution in [-0.4, -0.2) is 37.0 Å². The van der Waals surface area contributed by atoms with Crippen LogP contribution >= 0.6 is 0 Å². The average Bonchev–Trinajstić information content (AvgIpc) is 3.79. The fourth-order valence-electron chi connectivity index (χ4n) is 5.56. The second-order valence-electron chi connectivity index (χ2n) is 11.7. The quantitative estimate of drug-likeness (QED) is 0.495. The van der Waals surface area contributed by atoms with Crippen molar-refractivity contribution in [3.8, 4) is 0 Å². The molecule has 0 radical (unpaired) electrons. The Bertz CT molecular complexity index is 1420. The smallest absolute Gasteiger partial charge is 0.229 e. The predicted molar refractivity (Wildman–Crippen MR) is 139 cm³/mol. The highest BCUT2D eigenvalue weighted by Gasteiger charge is 2.49. The fraction of sp³-hybridized carbons (Fsp3) is 0.429. The number of nitrogens with zero attached hydrogens (tertiary/aromatic N) is 5. The molecule has 9 nitrogen and oxygen atoms in total. The fourth-order valence-corrected chi connectivity index (χ4v) is 5.56. The number of carbonyl (C=O) groups excluding carboxylic acids is 1. The minimum Gasteiger partial charge on any atom is -0.372 e. The molecule has 2 fully saturated rings. The average molecular weight is 498 g/mol. The van der Waals surface area contributed by atoms with E-state index in [-0.39, 0.29) is 22.9 Å². The maximum Gasteiger partial charge on any atom is 0.229 e. The van der Waals surface area contributed by atoms with Crippen molar-refractivity contribution in [3.63, 3.8) is 0 Å². The van der Waals surface area contributed by atoms with Crippen molar-refractivity contribution in [1.29, 1.82) is 0 Å². The second kappa shape index (κ2) is 7.72. The van der Waals surface area contributed by atoms with Gasteiger partial charge in [-0.3, -0.25) is 14.8 Å². The van der Waals surface area contributed by atoms with Crippen molar-refractivity contribution in [1.82, 2.24) is 25.3 Å². The first-order valence-corrected chi connectivity index (χ1v) is 13.0. The highest BCUT2D eigenvalue weighted by Crippen LogP contribution is 2.50. The second-order valence-corrected chi connectivity index (χ2v) is 11.7. The summed E-state index contributed by atoms with van der Waals surface area (Å²) in [6.07, 6.45) is 7.15. The molecule has 3 aromatic rings. The number of amides is 1. The summed E-state index contributed by atoms with van der Waals surface area (Å²) in [7, 11) is 0. The molecule has 0 bridgehead atoms. The Hall–Kier alpha value is -3.56.